The zero-order valence-corrected chi connectivity index (χ0v) is 9.90. The van der Waals surface area contributed by atoms with E-state index in [4.69, 9.17) is 0 Å². The second kappa shape index (κ2) is 3.78. The van der Waals surface area contributed by atoms with E-state index >= 15 is 0 Å². The Labute approximate surface area is 102 Å². The standard InChI is InChI=1S/C12H9N3OS/c1-7-8(3-2-4-9(7)16)11-15-10-12(17-11)14-6-5-13-10/h2-6,16H,1H3. The van der Waals surface area contributed by atoms with E-state index in [0.29, 0.717) is 5.65 Å². The van der Waals surface area contributed by atoms with E-state index in [1.807, 2.05) is 19.1 Å². The van der Waals surface area contributed by atoms with Crippen LogP contribution in [0.2, 0.25) is 0 Å². The number of thiazole rings is 1. The highest BCUT2D eigenvalue weighted by Gasteiger charge is 2.11. The molecule has 3 aromatic rings. The Morgan fingerprint density at radius 3 is 2.82 bits per heavy atom. The van der Waals surface area contributed by atoms with Gasteiger partial charge in [0.1, 0.15) is 10.8 Å². The van der Waals surface area contributed by atoms with Gasteiger partial charge in [-0.15, -0.1) is 0 Å². The number of nitrogens with zero attached hydrogens (tertiary/aromatic N) is 3. The number of phenols is 1. The topological polar surface area (TPSA) is 58.9 Å². The molecule has 0 amide bonds. The van der Waals surface area contributed by atoms with E-state index < -0.39 is 0 Å². The van der Waals surface area contributed by atoms with Crippen LogP contribution in [-0.2, 0) is 0 Å². The van der Waals surface area contributed by atoms with Gasteiger partial charge in [0.25, 0.3) is 0 Å². The molecule has 0 unspecified atom stereocenters. The summed E-state index contributed by atoms with van der Waals surface area (Å²) in [6.07, 6.45) is 3.28. The molecule has 0 fully saturated rings. The van der Waals surface area contributed by atoms with Crippen LogP contribution in [0.1, 0.15) is 5.56 Å². The molecule has 17 heavy (non-hydrogen) atoms. The third-order valence-electron chi connectivity index (χ3n) is 2.58. The quantitative estimate of drug-likeness (QED) is 0.714. The lowest BCUT2D eigenvalue weighted by Gasteiger charge is -2.03. The molecule has 4 nitrogen and oxygen atoms in total. The maximum atomic E-state index is 9.68. The normalized spacial score (nSPS) is 10.9. The van der Waals surface area contributed by atoms with Gasteiger partial charge >= 0.3 is 0 Å². The predicted molar refractivity (Wildman–Crippen MR) is 67.0 cm³/mol. The van der Waals surface area contributed by atoms with Gasteiger partial charge in [0.15, 0.2) is 10.5 Å². The highest BCUT2D eigenvalue weighted by molar-refractivity contribution is 7.21. The van der Waals surface area contributed by atoms with Crippen molar-refractivity contribution in [1.82, 2.24) is 15.0 Å². The molecule has 2 aromatic heterocycles. The molecule has 0 aliphatic rings. The fourth-order valence-corrected chi connectivity index (χ4v) is 2.60. The van der Waals surface area contributed by atoms with Crippen molar-refractivity contribution in [1.29, 1.82) is 0 Å². The molecule has 0 aliphatic carbocycles. The van der Waals surface area contributed by atoms with E-state index in [0.717, 1.165) is 21.0 Å². The zero-order valence-electron chi connectivity index (χ0n) is 9.08. The zero-order chi connectivity index (χ0) is 11.8. The third-order valence-corrected chi connectivity index (χ3v) is 3.57. The number of phenolic OH excluding ortho intramolecular Hbond substituents is 1. The summed E-state index contributed by atoms with van der Waals surface area (Å²) in [7, 11) is 0. The number of hydrogen-bond donors (Lipinski definition) is 1. The Hall–Kier alpha value is -2.01. The van der Waals surface area contributed by atoms with Gasteiger partial charge in [0.05, 0.1) is 0 Å². The van der Waals surface area contributed by atoms with Crippen molar-refractivity contribution in [3.63, 3.8) is 0 Å². The van der Waals surface area contributed by atoms with Crippen molar-refractivity contribution in [3.8, 4) is 16.3 Å². The van der Waals surface area contributed by atoms with E-state index in [2.05, 4.69) is 15.0 Å². The van der Waals surface area contributed by atoms with E-state index in [9.17, 15) is 5.11 Å². The monoisotopic (exact) mass is 243 g/mol. The molecule has 5 heteroatoms. The van der Waals surface area contributed by atoms with Crippen LogP contribution in [0, 0.1) is 6.92 Å². The highest BCUT2D eigenvalue weighted by Crippen LogP contribution is 2.33. The molecular formula is C12H9N3OS. The lowest BCUT2D eigenvalue weighted by Crippen LogP contribution is -1.83. The molecule has 0 atom stereocenters. The van der Waals surface area contributed by atoms with Gasteiger partial charge in [-0.05, 0) is 13.0 Å². The lowest BCUT2D eigenvalue weighted by atomic mass is 10.1. The molecule has 0 radical (unpaired) electrons. The Morgan fingerprint density at radius 2 is 2.00 bits per heavy atom. The van der Waals surface area contributed by atoms with Crippen molar-refractivity contribution in [2.24, 2.45) is 0 Å². The summed E-state index contributed by atoms with van der Waals surface area (Å²) >= 11 is 1.48. The molecule has 0 saturated heterocycles. The van der Waals surface area contributed by atoms with Crippen LogP contribution in [0.3, 0.4) is 0 Å². The van der Waals surface area contributed by atoms with Gasteiger partial charge < -0.3 is 5.11 Å². The first-order chi connectivity index (χ1) is 8.25. The number of hydrogen-bond acceptors (Lipinski definition) is 5. The second-order valence-corrected chi connectivity index (χ2v) is 4.63. The number of benzene rings is 1. The molecule has 1 N–H and O–H groups in total. The summed E-state index contributed by atoms with van der Waals surface area (Å²) in [5.74, 6) is 0.280. The highest BCUT2D eigenvalue weighted by atomic mass is 32.1. The van der Waals surface area contributed by atoms with Gasteiger partial charge in [-0.2, -0.15) is 0 Å². The summed E-state index contributed by atoms with van der Waals surface area (Å²) in [6, 6.07) is 5.42. The average molecular weight is 243 g/mol. The summed E-state index contributed by atoms with van der Waals surface area (Å²) in [5, 5.41) is 10.5. The largest absolute Gasteiger partial charge is 0.508 e. The van der Waals surface area contributed by atoms with Crippen molar-refractivity contribution in [2.45, 2.75) is 6.92 Å². The Morgan fingerprint density at radius 1 is 1.18 bits per heavy atom. The minimum Gasteiger partial charge on any atom is -0.508 e. The van der Waals surface area contributed by atoms with Crippen LogP contribution < -0.4 is 0 Å². The molecule has 0 bridgehead atoms. The maximum absolute atomic E-state index is 9.68. The van der Waals surface area contributed by atoms with E-state index in [1.165, 1.54) is 11.3 Å². The van der Waals surface area contributed by atoms with Gasteiger partial charge in [0, 0.05) is 23.5 Å². The molecular weight excluding hydrogens is 234 g/mol. The number of rotatable bonds is 1. The SMILES string of the molecule is Cc1c(O)cccc1-c1nc2nccnc2s1. The van der Waals surface area contributed by atoms with Crippen molar-refractivity contribution >= 4 is 21.8 Å². The molecule has 0 spiro atoms. The third kappa shape index (κ3) is 1.64. The molecule has 2 heterocycles. The summed E-state index contributed by atoms with van der Waals surface area (Å²) in [5.41, 5.74) is 2.40. The minimum absolute atomic E-state index is 0.280. The predicted octanol–water partition coefficient (Wildman–Crippen LogP) is 2.77. The fourth-order valence-electron chi connectivity index (χ4n) is 1.65. The van der Waals surface area contributed by atoms with Gasteiger partial charge in [-0.1, -0.05) is 23.5 Å². The first-order valence-electron chi connectivity index (χ1n) is 5.12. The molecule has 0 saturated carbocycles. The Balaban J connectivity index is 2.24. The Kier molecular flexibility index (Phi) is 2.26. The van der Waals surface area contributed by atoms with Crippen LogP contribution in [0.4, 0.5) is 0 Å². The molecule has 84 valence electrons. The van der Waals surface area contributed by atoms with Crippen LogP contribution in [0.25, 0.3) is 21.0 Å². The van der Waals surface area contributed by atoms with Crippen molar-refractivity contribution in [3.05, 3.63) is 36.2 Å². The number of fused-ring (bicyclic) bond motifs is 1. The van der Waals surface area contributed by atoms with Crippen LogP contribution in [0.5, 0.6) is 5.75 Å². The average Bonchev–Trinajstić information content (AvgIpc) is 2.76. The van der Waals surface area contributed by atoms with Crippen molar-refractivity contribution < 1.29 is 5.11 Å². The number of aromatic hydroxyl groups is 1. The summed E-state index contributed by atoms with van der Waals surface area (Å²) in [6.45, 7) is 1.87. The van der Waals surface area contributed by atoms with E-state index in [1.54, 1.807) is 18.5 Å². The van der Waals surface area contributed by atoms with E-state index in [-0.39, 0.29) is 5.75 Å². The fraction of sp³-hybridized carbons (Fsp3) is 0.0833. The van der Waals surface area contributed by atoms with Gasteiger partial charge in [0.2, 0.25) is 0 Å². The van der Waals surface area contributed by atoms with Crippen LogP contribution >= 0.6 is 11.3 Å². The summed E-state index contributed by atoms with van der Waals surface area (Å²) < 4.78 is 0. The van der Waals surface area contributed by atoms with Crippen LogP contribution in [0.15, 0.2) is 30.6 Å². The van der Waals surface area contributed by atoms with Crippen LogP contribution in [-0.4, -0.2) is 20.1 Å². The Bertz CT molecular complexity index is 660. The second-order valence-electron chi connectivity index (χ2n) is 3.65. The van der Waals surface area contributed by atoms with Gasteiger partial charge in [-0.3, -0.25) is 0 Å². The number of aromatic nitrogens is 3. The molecule has 3 rings (SSSR count). The minimum atomic E-state index is 0.280. The summed E-state index contributed by atoms with van der Waals surface area (Å²) in [4.78, 5) is 13.6. The maximum Gasteiger partial charge on any atom is 0.190 e. The lowest BCUT2D eigenvalue weighted by molar-refractivity contribution is 0.471. The van der Waals surface area contributed by atoms with Gasteiger partial charge in [-0.25, -0.2) is 15.0 Å². The smallest absolute Gasteiger partial charge is 0.190 e. The van der Waals surface area contributed by atoms with Crippen molar-refractivity contribution in [2.75, 3.05) is 0 Å². The first-order valence-corrected chi connectivity index (χ1v) is 5.94. The molecule has 1 aromatic carbocycles. The first kappa shape index (κ1) is 10.2. The molecule has 0 aliphatic heterocycles.